The van der Waals surface area contributed by atoms with Crippen molar-refractivity contribution in [2.45, 2.75) is 12.5 Å². The van der Waals surface area contributed by atoms with E-state index in [2.05, 4.69) is 15.5 Å². The molecule has 1 aliphatic heterocycles. The van der Waals surface area contributed by atoms with Gasteiger partial charge in [0.15, 0.2) is 0 Å². The average molecular weight is 196 g/mol. The SMILES string of the molecule is Nc1cn[nH]c1C(=O)NC1CCOC1. The summed E-state index contributed by atoms with van der Waals surface area (Å²) in [5.74, 6) is -0.226. The number of carbonyl (C=O) groups is 1. The van der Waals surface area contributed by atoms with E-state index in [0.717, 1.165) is 6.42 Å². The smallest absolute Gasteiger partial charge is 0.271 e. The lowest BCUT2D eigenvalue weighted by Gasteiger charge is -2.09. The predicted molar refractivity (Wildman–Crippen MR) is 49.7 cm³/mol. The van der Waals surface area contributed by atoms with Gasteiger partial charge >= 0.3 is 0 Å². The van der Waals surface area contributed by atoms with Crippen LogP contribution in [-0.2, 0) is 4.74 Å². The van der Waals surface area contributed by atoms with Crippen molar-refractivity contribution in [2.24, 2.45) is 0 Å². The van der Waals surface area contributed by atoms with Crippen LogP contribution in [0.2, 0.25) is 0 Å². The van der Waals surface area contributed by atoms with E-state index in [1.54, 1.807) is 0 Å². The van der Waals surface area contributed by atoms with Gasteiger partial charge in [0.2, 0.25) is 0 Å². The number of nitrogens with one attached hydrogen (secondary N) is 2. The molecule has 1 aromatic heterocycles. The third-order valence-electron chi connectivity index (χ3n) is 2.16. The van der Waals surface area contributed by atoms with E-state index < -0.39 is 0 Å². The van der Waals surface area contributed by atoms with Crippen LogP contribution >= 0.6 is 0 Å². The Balaban J connectivity index is 1.98. The van der Waals surface area contributed by atoms with E-state index in [1.807, 2.05) is 0 Å². The Morgan fingerprint density at radius 1 is 1.79 bits per heavy atom. The molecule has 0 saturated carbocycles. The highest BCUT2D eigenvalue weighted by Gasteiger charge is 2.20. The minimum Gasteiger partial charge on any atom is -0.396 e. The molecule has 76 valence electrons. The summed E-state index contributed by atoms with van der Waals surface area (Å²) in [4.78, 5) is 11.6. The van der Waals surface area contributed by atoms with Gasteiger partial charge in [-0.2, -0.15) is 5.10 Å². The molecule has 0 radical (unpaired) electrons. The first-order chi connectivity index (χ1) is 6.77. The first kappa shape index (κ1) is 9.01. The van der Waals surface area contributed by atoms with Crippen molar-refractivity contribution in [2.75, 3.05) is 18.9 Å². The minimum absolute atomic E-state index is 0.0881. The Morgan fingerprint density at radius 3 is 3.21 bits per heavy atom. The van der Waals surface area contributed by atoms with Gasteiger partial charge in [0, 0.05) is 6.61 Å². The first-order valence-electron chi connectivity index (χ1n) is 4.45. The molecule has 2 rings (SSSR count). The molecule has 1 atom stereocenters. The van der Waals surface area contributed by atoms with Gasteiger partial charge in [0.1, 0.15) is 5.69 Å². The third kappa shape index (κ3) is 1.69. The van der Waals surface area contributed by atoms with E-state index in [1.165, 1.54) is 6.20 Å². The Bertz CT molecular complexity index is 330. The lowest BCUT2D eigenvalue weighted by molar-refractivity contribution is 0.0926. The summed E-state index contributed by atoms with van der Waals surface area (Å²) < 4.78 is 5.13. The largest absolute Gasteiger partial charge is 0.396 e. The van der Waals surface area contributed by atoms with E-state index in [0.29, 0.717) is 24.6 Å². The van der Waals surface area contributed by atoms with E-state index in [9.17, 15) is 4.79 Å². The number of aromatic amines is 1. The van der Waals surface area contributed by atoms with Gasteiger partial charge in [-0.1, -0.05) is 0 Å². The maximum atomic E-state index is 11.6. The quantitative estimate of drug-likeness (QED) is 0.595. The molecule has 0 spiro atoms. The van der Waals surface area contributed by atoms with Crippen molar-refractivity contribution < 1.29 is 9.53 Å². The van der Waals surface area contributed by atoms with Crippen LogP contribution in [-0.4, -0.2) is 35.4 Å². The molecule has 1 amide bonds. The summed E-state index contributed by atoms with van der Waals surface area (Å²) in [6.45, 7) is 1.27. The molecule has 1 fully saturated rings. The number of ether oxygens (including phenoxy) is 1. The van der Waals surface area contributed by atoms with Crippen LogP contribution in [0.1, 0.15) is 16.9 Å². The minimum atomic E-state index is -0.226. The fourth-order valence-corrected chi connectivity index (χ4v) is 1.38. The molecular weight excluding hydrogens is 184 g/mol. The number of H-pyrrole nitrogens is 1. The number of amides is 1. The van der Waals surface area contributed by atoms with Gasteiger partial charge in [-0.3, -0.25) is 9.89 Å². The molecule has 0 aliphatic carbocycles. The highest BCUT2D eigenvalue weighted by Crippen LogP contribution is 2.08. The number of nitrogen functional groups attached to an aromatic ring is 1. The first-order valence-corrected chi connectivity index (χ1v) is 4.45. The van der Waals surface area contributed by atoms with E-state index in [4.69, 9.17) is 10.5 Å². The number of nitrogens with two attached hydrogens (primary N) is 1. The topological polar surface area (TPSA) is 93.0 Å². The third-order valence-corrected chi connectivity index (χ3v) is 2.16. The van der Waals surface area contributed by atoms with Crippen LogP contribution in [0.15, 0.2) is 6.20 Å². The summed E-state index contributed by atoms with van der Waals surface area (Å²) in [6.07, 6.45) is 2.26. The summed E-state index contributed by atoms with van der Waals surface area (Å²) in [7, 11) is 0. The molecular formula is C8H12N4O2. The monoisotopic (exact) mass is 196 g/mol. The van der Waals surface area contributed by atoms with Crippen molar-refractivity contribution in [3.8, 4) is 0 Å². The van der Waals surface area contributed by atoms with Crippen molar-refractivity contribution in [3.63, 3.8) is 0 Å². The summed E-state index contributed by atoms with van der Waals surface area (Å²) in [5, 5.41) is 9.03. The van der Waals surface area contributed by atoms with Crippen LogP contribution in [0.25, 0.3) is 0 Å². The highest BCUT2D eigenvalue weighted by molar-refractivity contribution is 5.97. The van der Waals surface area contributed by atoms with Crippen LogP contribution in [0.4, 0.5) is 5.69 Å². The van der Waals surface area contributed by atoms with Gasteiger partial charge in [-0.05, 0) is 6.42 Å². The summed E-state index contributed by atoms with van der Waals surface area (Å²) >= 11 is 0. The zero-order valence-electron chi connectivity index (χ0n) is 7.62. The van der Waals surface area contributed by atoms with Crippen LogP contribution in [0.5, 0.6) is 0 Å². The Labute approximate surface area is 80.8 Å². The van der Waals surface area contributed by atoms with E-state index in [-0.39, 0.29) is 11.9 Å². The maximum Gasteiger partial charge on any atom is 0.271 e. The Morgan fingerprint density at radius 2 is 2.64 bits per heavy atom. The number of rotatable bonds is 2. The van der Waals surface area contributed by atoms with Crippen LogP contribution < -0.4 is 11.1 Å². The van der Waals surface area contributed by atoms with Crippen LogP contribution in [0, 0.1) is 0 Å². The Kier molecular flexibility index (Phi) is 2.36. The maximum absolute atomic E-state index is 11.6. The van der Waals surface area contributed by atoms with Crippen molar-refractivity contribution >= 4 is 11.6 Å². The predicted octanol–water partition coefficient (Wildman–Crippen LogP) is -0.489. The molecule has 14 heavy (non-hydrogen) atoms. The molecule has 6 nitrogen and oxygen atoms in total. The lowest BCUT2D eigenvalue weighted by Crippen LogP contribution is -2.35. The number of anilines is 1. The normalized spacial score (nSPS) is 21.0. The molecule has 1 unspecified atom stereocenters. The molecule has 6 heteroatoms. The molecule has 0 aromatic carbocycles. The number of nitrogens with zero attached hydrogens (tertiary/aromatic N) is 1. The Hall–Kier alpha value is -1.56. The molecule has 4 N–H and O–H groups in total. The summed E-state index contributed by atoms with van der Waals surface area (Å²) in [5.41, 5.74) is 6.21. The summed E-state index contributed by atoms with van der Waals surface area (Å²) in [6, 6.07) is 0.0881. The molecule has 1 saturated heterocycles. The number of hydrogen-bond donors (Lipinski definition) is 3. The van der Waals surface area contributed by atoms with Gasteiger partial charge in [0.25, 0.3) is 5.91 Å². The second-order valence-electron chi connectivity index (χ2n) is 3.23. The van der Waals surface area contributed by atoms with Crippen molar-refractivity contribution in [1.82, 2.24) is 15.5 Å². The number of hydrogen-bond acceptors (Lipinski definition) is 4. The highest BCUT2D eigenvalue weighted by atomic mass is 16.5. The van der Waals surface area contributed by atoms with E-state index >= 15 is 0 Å². The second kappa shape index (κ2) is 3.67. The van der Waals surface area contributed by atoms with Crippen LogP contribution in [0.3, 0.4) is 0 Å². The fourth-order valence-electron chi connectivity index (χ4n) is 1.38. The molecule has 1 aromatic rings. The molecule has 2 heterocycles. The van der Waals surface area contributed by atoms with Gasteiger partial charge in [-0.25, -0.2) is 0 Å². The number of aromatic nitrogens is 2. The zero-order chi connectivity index (χ0) is 9.97. The second-order valence-corrected chi connectivity index (χ2v) is 3.23. The average Bonchev–Trinajstić information content (AvgIpc) is 2.75. The molecule has 1 aliphatic rings. The lowest BCUT2D eigenvalue weighted by atomic mass is 10.2. The fraction of sp³-hybridized carbons (Fsp3) is 0.500. The van der Waals surface area contributed by atoms with Crippen molar-refractivity contribution in [1.29, 1.82) is 0 Å². The zero-order valence-corrected chi connectivity index (χ0v) is 7.62. The van der Waals surface area contributed by atoms with Crippen molar-refractivity contribution in [3.05, 3.63) is 11.9 Å². The van der Waals surface area contributed by atoms with Gasteiger partial charge in [-0.15, -0.1) is 0 Å². The number of carbonyl (C=O) groups excluding carboxylic acids is 1. The van der Waals surface area contributed by atoms with Gasteiger partial charge < -0.3 is 15.8 Å². The van der Waals surface area contributed by atoms with Gasteiger partial charge in [0.05, 0.1) is 24.5 Å². The molecule has 0 bridgehead atoms. The standard InChI is InChI=1S/C8H12N4O2/c9-6-3-10-12-7(6)8(13)11-5-1-2-14-4-5/h3,5H,1-2,4,9H2,(H,10,12)(H,11,13).